The Kier molecular flexibility index (Phi) is 4.88. The molecule has 0 amide bonds. The van der Waals surface area contributed by atoms with E-state index in [-0.39, 0.29) is 34.7 Å². The van der Waals surface area contributed by atoms with E-state index in [1.165, 1.54) is 17.0 Å². The van der Waals surface area contributed by atoms with Crippen molar-refractivity contribution >= 4 is 50.0 Å². The van der Waals surface area contributed by atoms with Crippen molar-refractivity contribution in [1.82, 2.24) is 14.1 Å². The number of hydrogen-bond acceptors (Lipinski definition) is 5. The summed E-state index contributed by atoms with van der Waals surface area (Å²) < 4.78 is 3.29. The van der Waals surface area contributed by atoms with Crippen LogP contribution in [0.3, 0.4) is 0 Å². The first-order valence-electron chi connectivity index (χ1n) is 9.91. The molecule has 0 unspecified atom stereocenters. The predicted octanol–water partition coefficient (Wildman–Crippen LogP) is 4.13. The third-order valence-corrected chi connectivity index (χ3v) is 5.87. The van der Waals surface area contributed by atoms with Gasteiger partial charge in [-0.3, -0.25) is 19.5 Å². The molecule has 2 aromatic heterocycles. The second kappa shape index (κ2) is 7.74. The number of halogens is 1. The first-order chi connectivity index (χ1) is 15.4. The molecule has 5 aromatic rings. The molecule has 160 valence electrons. The SMILES string of the molecule is O=c1c2cc([N+](=O)[O-])c(Cl)cc2ncn1C[C@@H](O)Cn1c2ccccc2c2ccccc21. The molecule has 0 aliphatic rings. The number of aliphatic hydroxyl groups is 1. The van der Waals surface area contributed by atoms with Gasteiger partial charge in [0, 0.05) is 27.9 Å². The number of aromatic nitrogens is 3. The van der Waals surface area contributed by atoms with Crippen LogP contribution in [0.4, 0.5) is 5.69 Å². The molecule has 0 aliphatic heterocycles. The van der Waals surface area contributed by atoms with Crippen LogP contribution in [0, 0.1) is 10.1 Å². The molecule has 0 bridgehead atoms. The lowest BCUT2D eigenvalue weighted by Crippen LogP contribution is -2.29. The van der Waals surface area contributed by atoms with E-state index in [4.69, 9.17) is 11.6 Å². The number of aliphatic hydroxyl groups excluding tert-OH is 1. The maximum Gasteiger partial charge on any atom is 0.288 e. The van der Waals surface area contributed by atoms with E-state index in [0.717, 1.165) is 27.9 Å². The zero-order valence-corrected chi connectivity index (χ0v) is 17.4. The quantitative estimate of drug-likeness (QED) is 0.321. The van der Waals surface area contributed by atoms with Gasteiger partial charge in [-0.25, -0.2) is 4.98 Å². The zero-order chi connectivity index (χ0) is 22.4. The molecule has 0 fully saturated rings. The van der Waals surface area contributed by atoms with E-state index in [2.05, 4.69) is 4.98 Å². The molecular weight excluding hydrogens is 432 g/mol. The molecule has 0 saturated carbocycles. The van der Waals surface area contributed by atoms with Crippen LogP contribution in [-0.2, 0) is 13.1 Å². The topological polar surface area (TPSA) is 103 Å². The third-order valence-electron chi connectivity index (χ3n) is 5.57. The van der Waals surface area contributed by atoms with Crippen molar-refractivity contribution in [2.45, 2.75) is 19.2 Å². The lowest BCUT2D eigenvalue weighted by Gasteiger charge is -2.15. The van der Waals surface area contributed by atoms with E-state index in [0.29, 0.717) is 0 Å². The fourth-order valence-electron chi connectivity index (χ4n) is 4.13. The summed E-state index contributed by atoms with van der Waals surface area (Å²) in [6.45, 7) is 0.248. The van der Waals surface area contributed by atoms with Crippen molar-refractivity contribution in [1.29, 1.82) is 0 Å². The van der Waals surface area contributed by atoms with E-state index in [1.807, 2.05) is 53.1 Å². The van der Waals surface area contributed by atoms with Gasteiger partial charge in [0.05, 0.1) is 41.3 Å². The molecule has 1 atom stereocenters. The summed E-state index contributed by atoms with van der Waals surface area (Å²) in [6, 6.07) is 18.3. The highest BCUT2D eigenvalue weighted by Crippen LogP contribution is 2.29. The van der Waals surface area contributed by atoms with Gasteiger partial charge >= 0.3 is 0 Å². The largest absolute Gasteiger partial charge is 0.389 e. The van der Waals surface area contributed by atoms with Gasteiger partial charge < -0.3 is 9.67 Å². The van der Waals surface area contributed by atoms with Crippen LogP contribution < -0.4 is 5.56 Å². The van der Waals surface area contributed by atoms with Crippen molar-refractivity contribution < 1.29 is 10.0 Å². The maximum absolute atomic E-state index is 12.9. The number of hydrogen-bond donors (Lipinski definition) is 1. The molecule has 9 heteroatoms. The van der Waals surface area contributed by atoms with Crippen molar-refractivity contribution in [3.63, 3.8) is 0 Å². The van der Waals surface area contributed by atoms with Crippen LogP contribution in [0.5, 0.6) is 0 Å². The molecule has 1 N–H and O–H groups in total. The Bertz CT molecular complexity index is 1520. The van der Waals surface area contributed by atoms with Crippen molar-refractivity contribution in [3.05, 3.63) is 92.5 Å². The number of nitrogens with zero attached hydrogens (tertiary/aromatic N) is 4. The van der Waals surface area contributed by atoms with Gasteiger partial charge in [0.25, 0.3) is 11.2 Å². The Morgan fingerprint density at radius 2 is 1.62 bits per heavy atom. The average Bonchev–Trinajstić information content (AvgIpc) is 3.09. The van der Waals surface area contributed by atoms with E-state index >= 15 is 0 Å². The van der Waals surface area contributed by atoms with Crippen LogP contribution in [0.25, 0.3) is 32.7 Å². The zero-order valence-electron chi connectivity index (χ0n) is 16.7. The highest BCUT2D eigenvalue weighted by molar-refractivity contribution is 6.33. The fourth-order valence-corrected chi connectivity index (χ4v) is 4.36. The standard InChI is InChI=1S/C23H17ClN4O4/c24-18-10-19-17(9-22(18)28(31)32)23(30)26(13-25-19)11-14(29)12-27-20-7-3-1-5-15(20)16-6-2-4-8-21(16)27/h1-10,13-14,29H,11-12H2/t14-/m1/s1. The number of para-hydroxylation sites is 2. The molecule has 5 rings (SSSR count). The molecule has 0 saturated heterocycles. The fraction of sp³-hybridized carbons (Fsp3) is 0.130. The molecule has 2 heterocycles. The molecule has 0 aliphatic carbocycles. The van der Waals surface area contributed by atoms with Crippen molar-refractivity contribution in [3.8, 4) is 0 Å². The summed E-state index contributed by atoms with van der Waals surface area (Å²) >= 11 is 5.92. The highest BCUT2D eigenvalue weighted by atomic mass is 35.5. The van der Waals surface area contributed by atoms with Crippen LogP contribution in [0.2, 0.25) is 5.02 Å². The minimum Gasteiger partial charge on any atom is -0.389 e. The van der Waals surface area contributed by atoms with Gasteiger partial charge in [-0.05, 0) is 18.2 Å². The van der Waals surface area contributed by atoms with Gasteiger partial charge in [0.1, 0.15) is 5.02 Å². The van der Waals surface area contributed by atoms with E-state index < -0.39 is 16.6 Å². The Hall–Kier alpha value is -3.75. The summed E-state index contributed by atoms with van der Waals surface area (Å²) in [5.74, 6) is 0. The Morgan fingerprint density at radius 1 is 1.00 bits per heavy atom. The number of rotatable bonds is 5. The summed E-state index contributed by atoms with van der Waals surface area (Å²) in [4.78, 5) is 27.6. The third kappa shape index (κ3) is 3.30. The first-order valence-corrected chi connectivity index (χ1v) is 10.3. The monoisotopic (exact) mass is 448 g/mol. The molecule has 3 aromatic carbocycles. The van der Waals surface area contributed by atoms with Gasteiger partial charge in [0.15, 0.2) is 0 Å². The van der Waals surface area contributed by atoms with Crippen molar-refractivity contribution in [2.24, 2.45) is 0 Å². The Labute approximate surface area is 186 Å². The lowest BCUT2D eigenvalue weighted by atomic mass is 10.2. The van der Waals surface area contributed by atoms with Crippen molar-refractivity contribution in [2.75, 3.05) is 0 Å². The Morgan fingerprint density at radius 3 is 2.25 bits per heavy atom. The van der Waals surface area contributed by atoms with Crippen LogP contribution in [-0.4, -0.2) is 30.3 Å². The van der Waals surface area contributed by atoms with E-state index in [9.17, 15) is 20.0 Å². The van der Waals surface area contributed by atoms with Gasteiger partial charge in [-0.1, -0.05) is 48.0 Å². The van der Waals surface area contributed by atoms with Gasteiger partial charge in [-0.2, -0.15) is 0 Å². The first kappa shape index (κ1) is 20.2. The lowest BCUT2D eigenvalue weighted by molar-refractivity contribution is -0.384. The van der Waals surface area contributed by atoms with Crippen LogP contribution in [0.1, 0.15) is 0 Å². The molecule has 0 spiro atoms. The minimum absolute atomic E-state index is 0.0149. The Balaban J connectivity index is 1.51. The molecule has 8 nitrogen and oxygen atoms in total. The second-order valence-corrected chi connectivity index (χ2v) is 7.99. The molecule has 0 radical (unpaired) electrons. The molecular formula is C23H17ClN4O4. The normalized spacial score (nSPS) is 12.6. The van der Waals surface area contributed by atoms with Crippen LogP contribution in [0.15, 0.2) is 71.8 Å². The summed E-state index contributed by atoms with van der Waals surface area (Å²) in [5, 5.41) is 24.2. The average molecular weight is 449 g/mol. The van der Waals surface area contributed by atoms with Gasteiger partial charge in [-0.15, -0.1) is 0 Å². The number of nitro groups is 1. The summed E-state index contributed by atoms with van der Waals surface area (Å²) in [5.41, 5.74) is 1.40. The molecule has 32 heavy (non-hydrogen) atoms. The maximum atomic E-state index is 12.9. The number of nitro benzene ring substituents is 1. The van der Waals surface area contributed by atoms with E-state index in [1.54, 1.807) is 0 Å². The minimum atomic E-state index is -0.895. The number of fused-ring (bicyclic) bond motifs is 4. The summed E-state index contributed by atoms with van der Waals surface area (Å²) in [6.07, 6.45) is 0.426. The highest BCUT2D eigenvalue weighted by Gasteiger charge is 2.18. The second-order valence-electron chi connectivity index (χ2n) is 7.58. The predicted molar refractivity (Wildman–Crippen MR) is 123 cm³/mol. The smallest absolute Gasteiger partial charge is 0.288 e. The van der Waals surface area contributed by atoms with Gasteiger partial charge in [0.2, 0.25) is 0 Å². The number of benzene rings is 3. The summed E-state index contributed by atoms with van der Waals surface area (Å²) in [7, 11) is 0. The van der Waals surface area contributed by atoms with Crippen LogP contribution >= 0.6 is 11.6 Å².